The molecule has 0 aliphatic carbocycles. The maximum absolute atomic E-state index is 12.6. The molecule has 0 heterocycles. The van der Waals surface area contributed by atoms with Gasteiger partial charge in [-0.25, -0.2) is 8.42 Å². The number of nitrogens with zero attached hydrogens (tertiary/aromatic N) is 1. The summed E-state index contributed by atoms with van der Waals surface area (Å²) in [5, 5.41) is 3.39. The van der Waals surface area contributed by atoms with Crippen molar-refractivity contribution in [3.8, 4) is 0 Å². The van der Waals surface area contributed by atoms with E-state index in [9.17, 15) is 13.2 Å². The van der Waals surface area contributed by atoms with Gasteiger partial charge >= 0.3 is 0 Å². The summed E-state index contributed by atoms with van der Waals surface area (Å²) < 4.78 is 25.4. The van der Waals surface area contributed by atoms with Crippen molar-refractivity contribution in [3.05, 3.63) is 58.6 Å². The van der Waals surface area contributed by atoms with E-state index >= 15 is 0 Å². The lowest BCUT2D eigenvalue weighted by atomic mass is 10.0. The summed E-state index contributed by atoms with van der Waals surface area (Å²) in [6.45, 7) is 3.73. The lowest BCUT2D eigenvalue weighted by Gasteiger charge is -2.23. The monoisotopic (exact) mass is 394 g/mol. The number of halogens is 1. The van der Waals surface area contributed by atoms with Crippen LogP contribution in [-0.2, 0) is 27.7 Å². The lowest BCUT2D eigenvalue weighted by Crippen LogP contribution is -2.37. The number of anilines is 2. The van der Waals surface area contributed by atoms with E-state index < -0.39 is 10.0 Å². The Morgan fingerprint density at radius 2 is 1.58 bits per heavy atom. The van der Waals surface area contributed by atoms with Gasteiger partial charge in [0, 0.05) is 10.7 Å². The van der Waals surface area contributed by atoms with Crippen LogP contribution in [0.3, 0.4) is 0 Å². The van der Waals surface area contributed by atoms with Gasteiger partial charge in [0.25, 0.3) is 0 Å². The van der Waals surface area contributed by atoms with E-state index in [4.69, 9.17) is 11.6 Å². The first-order chi connectivity index (χ1) is 12.3. The van der Waals surface area contributed by atoms with Crippen molar-refractivity contribution >= 4 is 38.9 Å². The van der Waals surface area contributed by atoms with E-state index in [0.717, 1.165) is 40.2 Å². The van der Waals surface area contributed by atoms with Crippen LogP contribution in [0.2, 0.25) is 5.02 Å². The number of rotatable bonds is 7. The van der Waals surface area contributed by atoms with Gasteiger partial charge in [-0.3, -0.25) is 9.10 Å². The van der Waals surface area contributed by atoms with Gasteiger partial charge in [0.1, 0.15) is 6.54 Å². The topological polar surface area (TPSA) is 66.5 Å². The first-order valence-corrected chi connectivity index (χ1v) is 10.6. The van der Waals surface area contributed by atoms with Crippen LogP contribution >= 0.6 is 11.6 Å². The van der Waals surface area contributed by atoms with Gasteiger partial charge in [0.15, 0.2) is 0 Å². The number of carbonyl (C=O) groups excluding carboxylic acids is 1. The highest BCUT2D eigenvalue weighted by Crippen LogP contribution is 2.24. The molecule has 1 N–H and O–H groups in total. The minimum absolute atomic E-state index is 0.304. The molecule has 0 atom stereocenters. The number of aryl methyl sites for hydroxylation is 2. The van der Waals surface area contributed by atoms with Crippen molar-refractivity contribution < 1.29 is 13.2 Å². The van der Waals surface area contributed by atoms with Gasteiger partial charge in [-0.2, -0.15) is 0 Å². The summed E-state index contributed by atoms with van der Waals surface area (Å²) in [5.41, 5.74) is 3.21. The molecule has 5 nitrogen and oxygen atoms in total. The molecule has 1 amide bonds. The van der Waals surface area contributed by atoms with Gasteiger partial charge in [0.05, 0.1) is 11.9 Å². The first kappa shape index (κ1) is 20.3. The van der Waals surface area contributed by atoms with Gasteiger partial charge in [0.2, 0.25) is 15.9 Å². The second-order valence-electron chi connectivity index (χ2n) is 5.95. The van der Waals surface area contributed by atoms with Crippen LogP contribution < -0.4 is 9.62 Å². The van der Waals surface area contributed by atoms with Crippen LogP contribution in [-0.4, -0.2) is 27.1 Å². The Labute approximate surface area is 160 Å². The minimum Gasteiger partial charge on any atom is -0.324 e. The molecule has 0 aliphatic heterocycles. The quantitative estimate of drug-likeness (QED) is 0.775. The Morgan fingerprint density at radius 1 is 1.04 bits per heavy atom. The zero-order valence-corrected chi connectivity index (χ0v) is 16.7. The molecule has 140 valence electrons. The Hall–Kier alpha value is -2.05. The third kappa shape index (κ3) is 4.99. The van der Waals surface area contributed by atoms with Crippen molar-refractivity contribution in [2.75, 3.05) is 22.4 Å². The smallest absolute Gasteiger partial charge is 0.245 e. The molecular formula is C19H23ClN2O3S. The van der Waals surface area contributed by atoms with E-state index in [2.05, 4.69) is 5.32 Å². The molecule has 2 aromatic carbocycles. The van der Waals surface area contributed by atoms with Crippen LogP contribution in [0, 0.1) is 0 Å². The fourth-order valence-electron chi connectivity index (χ4n) is 2.72. The van der Waals surface area contributed by atoms with E-state index in [1.165, 1.54) is 0 Å². The average molecular weight is 395 g/mol. The highest BCUT2D eigenvalue weighted by atomic mass is 35.5. The Morgan fingerprint density at radius 3 is 2.04 bits per heavy atom. The summed E-state index contributed by atoms with van der Waals surface area (Å²) >= 11 is 5.86. The third-order valence-electron chi connectivity index (χ3n) is 4.07. The lowest BCUT2D eigenvalue weighted by molar-refractivity contribution is -0.114. The number of amides is 1. The van der Waals surface area contributed by atoms with Crippen molar-refractivity contribution in [3.63, 3.8) is 0 Å². The van der Waals surface area contributed by atoms with Gasteiger partial charge in [-0.15, -0.1) is 0 Å². The SMILES string of the molecule is CCc1cccc(CC)c1NC(=O)CN(c1ccc(Cl)cc1)S(C)(=O)=O. The van der Waals surface area contributed by atoms with Crippen molar-refractivity contribution in [1.82, 2.24) is 0 Å². The fourth-order valence-corrected chi connectivity index (χ4v) is 3.70. The molecule has 0 aromatic heterocycles. The molecule has 26 heavy (non-hydrogen) atoms. The van der Waals surface area contributed by atoms with Crippen molar-refractivity contribution in [2.45, 2.75) is 26.7 Å². The predicted octanol–water partition coefficient (Wildman–Crippen LogP) is 3.87. The first-order valence-electron chi connectivity index (χ1n) is 8.40. The van der Waals surface area contributed by atoms with Crippen LogP contribution in [0.1, 0.15) is 25.0 Å². The standard InChI is InChI=1S/C19H23ClN2O3S/c1-4-14-7-6-8-15(5-2)19(14)21-18(23)13-22(26(3,24)25)17-11-9-16(20)10-12-17/h6-12H,4-5,13H2,1-3H3,(H,21,23). The molecule has 0 aliphatic rings. The molecule has 2 aromatic rings. The number of nitrogens with one attached hydrogen (secondary N) is 1. The third-order valence-corrected chi connectivity index (χ3v) is 5.46. The van der Waals surface area contributed by atoms with E-state index in [-0.39, 0.29) is 12.5 Å². The molecule has 0 unspecified atom stereocenters. The van der Waals surface area contributed by atoms with Crippen LogP contribution in [0.4, 0.5) is 11.4 Å². The molecule has 0 bridgehead atoms. The fraction of sp³-hybridized carbons (Fsp3) is 0.316. The maximum Gasteiger partial charge on any atom is 0.245 e. The molecular weight excluding hydrogens is 372 g/mol. The summed E-state index contributed by atoms with van der Waals surface area (Å²) in [4.78, 5) is 12.6. The molecule has 0 fully saturated rings. The van der Waals surface area contributed by atoms with Gasteiger partial charge in [-0.1, -0.05) is 43.6 Å². The molecule has 0 saturated carbocycles. The number of hydrogen-bond donors (Lipinski definition) is 1. The molecule has 2 rings (SSSR count). The maximum atomic E-state index is 12.6. The van der Waals surface area contributed by atoms with Crippen molar-refractivity contribution in [1.29, 1.82) is 0 Å². The average Bonchev–Trinajstić information content (AvgIpc) is 2.60. The minimum atomic E-state index is -3.62. The highest BCUT2D eigenvalue weighted by molar-refractivity contribution is 7.92. The van der Waals surface area contributed by atoms with E-state index in [1.807, 2.05) is 32.0 Å². The summed E-state index contributed by atoms with van der Waals surface area (Å²) in [6, 6.07) is 12.2. The van der Waals surface area contributed by atoms with E-state index in [1.54, 1.807) is 24.3 Å². The number of sulfonamides is 1. The van der Waals surface area contributed by atoms with Gasteiger partial charge < -0.3 is 5.32 Å². The molecule has 0 radical (unpaired) electrons. The Bertz CT molecular complexity index is 858. The number of hydrogen-bond acceptors (Lipinski definition) is 3. The van der Waals surface area contributed by atoms with Gasteiger partial charge in [-0.05, 0) is 48.2 Å². The highest BCUT2D eigenvalue weighted by Gasteiger charge is 2.21. The molecule has 7 heteroatoms. The number of para-hydroxylation sites is 1. The normalized spacial score (nSPS) is 11.2. The number of carbonyl (C=O) groups is 1. The van der Waals surface area contributed by atoms with Crippen LogP contribution in [0.5, 0.6) is 0 Å². The summed E-state index contributed by atoms with van der Waals surface area (Å²) in [6.07, 6.45) is 2.62. The second kappa shape index (κ2) is 8.56. The summed E-state index contributed by atoms with van der Waals surface area (Å²) in [5.74, 6) is -0.388. The number of benzene rings is 2. The van der Waals surface area contributed by atoms with Crippen LogP contribution in [0.15, 0.2) is 42.5 Å². The zero-order valence-electron chi connectivity index (χ0n) is 15.1. The van der Waals surface area contributed by atoms with Crippen LogP contribution in [0.25, 0.3) is 0 Å². The molecule has 0 saturated heterocycles. The van der Waals surface area contributed by atoms with E-state index in [0.29, 0.717) is 10.7 Å². The predicted molar refractivity (Wildman–Crippen MR) is 107 cm³/mol. The summed E-state index contributed by atoms with van der Waals surface area (Å²) in [7, 11) is -3.62. The second-order valence-corrected chi connectivity index (χ2v) is 8.30. The zero-order chi connectivity index (χ0) is 19.3. The molecule has 0 spiro atoms. The largest absolute Gasteiger partial charge is 0.324 e. The Kier molecular flexibility index (Phi) is 6.67. The van der Waals surface area contributed by atoms with Crippen molar-refractivity contribution in [2.24, 2.45) is 0 Å². The Balaban J connectivity index is 2.28.